The zero-order chi connectivity index (χ0) is 13.9. The average molecular weight is 271 g/mol. The predicted octanol–water partition coefficient (Wildman–Crippen LogP) is 1.42. The summed E-state index contributed by atoms with van der Waals surface area (Å²) in [5.74, 6) is -0.937. The van der Waals surface area contributed by atoms with Crippen LogP contribution < -0.4 is 0 Å². The lowest BCUT2D eigenvalue weighted by Crippen LogP contribution is -2.04. The molecule has 0 aliphatic carbocycles. The van der Waals surface area contributed by atoms with E-state index in [0.29, 0.717) is 5.52 Å². The molecule has 0 unspecified atom stereocenters. The van der Waals surface area contributed by atoms with Gasteiger partial charge in [-0.1, -0.05) is 5.21 Å². The van der Waals surface area contributed by atoms with Gasteiger partial charge in [0.15, 0.2) is 0 Å². The van der Waals surface area contributed by atoms with Gasteiger partial charge in [0.2, 0.25) is 0 Å². The zero-order valence-corrected chi connectivity index (χ0v) is 10.7. The maximum Gasteiger partial charge on any atom is 0.335 e. The lowest BCUT2D eigenvalue weighted by molar-refractivity contribution is 0.0697. The Bertz CT molecular complexity index is 732. The molecule has 1 N–H and O–H groups in total. The Morgan fingerprint density at radius 1 is 1.30 bits per heavy atom. The average Bonchev–Trinajstić information content (AvgIpc) is 3.08. The zero-order valence-electron chi connectivity index (χ0n) is 10.7. The number of aryl methyl sites for hydroxylation is 2. The van der Waals surface area contributed by atoms with Gasteiger partial charge in [0.1, 0.15) is 0 Å². The number of imidazole rings is 1. The van der Waals surface area contributed by atoms with Crippen molar-refractivity contribution in [3.63, 3.8) is 0 Å². The number of hydrogen-bond donors (Lipinski definition) is 1. The molecule has 3 aromatic rings. The minimum absolute atomic E-state index is 0.255. The van der Waals surface area contributed by atoms with Gasteiger partial charge < -0.3 is 9.67 Å². The van der Waals surface area contributed by atoms with Gasteiger partial charge in [0.25, 0.3) is 0 Å². The maximum atomic E-state index is 10.9. The Labute approximate surface area is 114 Å². The summed E-state index contributed by atoms with van der Waals surface area (Å²) < 4.78 is 3.79. The van der Waals surface area contributed by atoms with Crippen molar-refractivity contribution in [2.45, 2.75) is 19.5 Å². The minimum atomic E-state index is -0.937. The molecule has 0 fully saturated rings. The molecular weight excluding hydrogens is 258 g/mol. The topological polar surface area (TPSA) is 85.8 Å². The Morgan fingerprint density at radius 3 is 2.95 bits per heavy atom. The molecule has 0 spiro atoms. The number of aromatic nitrogens is 5. The number of benzene rings is 1. The van der Waals surface area contributed by atoms with Crippen molar-refractivity contribution in [3.8, 4) is 0 Å². The van der Waals surface area contributed by atoms with E-state index < -0.39 is 5.97 Å². The molecule has 0 saturated heterocycles. The van der Waals surface area contributed by atoms with Gasteiger partial charge in [-0.2, -0.15) is 0 Å². The van der Waals surface area contributed by atoms with E-state index >= 15 is 0 Å². The fourth-order valence-electron chi connectivity index (χ4n) is 2.13. The van der Waals surface area contributed by atoms with Crippen molar-refractivity contribution in [2.24, 2.45) is 0 Å². The van der Waals surface area contributed by atoms with Crippen molar-refractivity contribution < 1.29 is 9.90 Å². The fourth-order valence-corrected chi connectivity index (χ4v) is 2.13. The lowest BCUT2D eigenvalue weighted by atomic mass is 10.2. The minimum Gasteiger partial charge on any atom is -0.478 e. The second kappa shape index (κ2) is 5.12. The number of rotatable bonds is 5. The largest absolute Gasteiger partial charge is 0.478 e. The van der Waals surface area contributed by atoms with Crippen LogP contribution in [0.3, 0.4) is 0 Å². The van der Waals surface area contributed by atoms with Crippen LogP contribution in [-0.2, 0) is 13.1 Å². The Kier molecular flexibility index (Phi) is 3.16. The predicted molar refractivity (Wildman–Crippen MR) is 71.3 cm³/mol. The maximum absolute atomic E-state index is 10.9. The van der Waals surface area contributed by atoms with Gasteiger partial charge in [-0.15, -0.1) is 5.10 Å². The first-order chi connectivity index (χ1) is 9.74. The molecule has 0 radical (unpaired) electrons. The van der Waals surface area contributed by atoms with E-state index in [2.05, 4.69) is 15.3 Å². The molecule has 0 amide bonds. The van der Waals surface area contributed by atoms with Crippen LogP contribution in [0, 0.1) is 0 Å². The highest BCUT2D eigenvalue weighted by Crippen LogP contribution is 2.15. The molecule has 0 aliphatic heterocycles. The van der Waals surface area contributed by atoms with Gasteiger partial charge in [-0.25, -0.2) is 9.78 Å². The highest BCUT2D eigenvalue weighted by atomic mass is 16.4. The van der Waals surface area contributed by atoms with E-state index in [1.54, 1.807) is 35.4 Å². The monoisotopic (exact) mass is 271 g/mol. The van der Waals surface area contributed by atoms with Crippen LogP contribution in [0.15, 0.2) is 36.9 Å². The molecule has 3 rings (SSSR count). The van der Waals surface area contributed by atoms with Crippen LogP contribution in [0.4, 0.5) is 0 Å². The normalized spacial score (nSPS) is 11.0. The summed E-state index contributed by atoms with van der Waals surface area (Å²) in [6, 6.07) is 4.98. The number of hydrogen-bond acceptors (Lipinski definition) is 4. The van der Waals surface area contributed by atoms with Gasteiger partial charge in [-0.3, -0.25) is 4.68 Å². The van der Waals surface area contributed by atoms with E-state index in [1.807, 2.05) is 10.8 Å². The number of nitrogens with zero attached hydrogens (tertiary/aromatic N) is 5. The van der Waals surface area contributed by atoms with Crippen molar-refractivity contribution in [1.82, 2.24) is 24.5 Å². The summed E-state index contributed by atoms with van der Waals surface area (Å²) in [5, 5.41) is 16.6. The molecule has 0 atom stereocenters. The third-order valence-corrected chi connectivity index (χ3v) is 3.13. The summed E-state index contributed by atoms with van der Waals surface area (Å²) in [5.41, 5.74) is 1.89. The summed E-state index contributed by atoms with van der Waals surface area (Å²) in [6.45, 7) is 1.58. The number of aromatic carboxylic acids is 1. The van der Waals surface area contributed by atoms with Crippen molar-refractivity contribution >= 4 is 17.0 Å². The molecule has 2 heterocycles. The van der Waals surface area contributed by atoms with Crippen LogP contribution in [0.1, 0.15) is 16.8 Å². The van der Waals surface area contributed by atoms with E-state index in [0.717, 1.165) is 25.0 Å². The Hall–Kier alpha value is -2.70. The number of carbonyl (C=O) groups is 1. The summed E-state index contributed by atoms with van der Waals surface area (Å²) >= 11 is 0. The molecule has 7 heteroatoms. The van der Waals surface area contributed by atoms with Crippen molar-refractivity contribution in [2.75, 3.05) is 0 Å². The van der Waals surface area contributed by atoms with Crippen LogP contribution >= 0.6 is 0 Å². The number of carboxylic acid groups (broad SMARTS) is 1. The van der Waals surface area contributed by atoms with Crippen LogP contribution in [0.5, 0.6) is 0 Å². The standard InChI is InChI=1S/C13H13N5O2/c19-13(20)10-2-3-12-11(8-10)14-9-17(12)5-1-6-18-7-4-15-16-18/h2-4,7-9H,1,5-6H2,(H,19,20). The molecule has 1 aromatic carbocycles. The molecule has 0 saturated carbocycles. The fraction of sp³-hybridized carbons (Fsp3) is 0.231. The van der Waals surface area contributed by atoms with Crippen molar-refractivity contribution in [1.29, 1.82) is 0 Å². The van der Waals surface area contributed by atoms with E-state index in [4.69, 9.17) is 5.11 Å². The van der Waals surface area contributed by atoms with Crippen molar-refractivity contribution in [3.05, 3.63) is 42.5 Å². The van der Waals surface area contributed by atoms with Gasteiger partial charge >= 0.3 is 5.97 Å². The molecular formula is C13H13N5O2. The summed E-state index contributed by atoms with van der Waals surface area (Å²) in [6.07, 6.45) is 6.11. The third kappa shape index (κ3) is 2.37. The first-order valence-corrected chi connectivity index (χ1v) is 6.26. The Morgan fingerprint density at radius 2 is 2.20 bits per heavy atom. The summed E-state index contributed by atoms with van der Waals surface area (Å²) in [7, 11) is 0. The number of fused-ring (bicyclic) bond motifs is 1. The highest BCUT2D eigenvalue weighted by Gasteiger charge is 2.07. The SMILES string of the molecule is O=C(O)c1ccc2c(c1)ncn2CCCn1ccnn1. The van der Waals surface area contributed by atoms with Gasteiger partial charge in [0, 0.05) is 19.3 Å². The third-order valence-electron chi connectivity index (χ3n) is 3.13. The quantitative estimate of drug-likeness (QED) is 0.758. The van der Waals surface area contributed by atoms with Gasteiger partial charge in [0.05, 0.1) is 29.1 Å². The van der Waals surface area contributed by atoms with Crippen LogP contribution in [0.25, 0.3) is 11.0 Å². The second-order valence-electron chi connectivity index (χ2n) is 4.47. The molecule has 0 bridgehead atoms. The van der Waals surface area contributed by atoms with E-state index in [9.17, 15) is 4.79 Å². The molecule has 7 nitrogen and oxygen atoms in total. The first kappa shape index (κ1) is 12.3. The molecule has 2 aromatic heterocycles. The van der Waals surface area contributed by atoms with E-state index in [-0.39, 0.29) is 5.56 Å². The Balaban J connectivity index is 1.73. The molecule has 102 valence electrons. The van der Waals surface area contributed by atoms with E-state index in [1.165, 1.54) is 0 Å². The second-order valence-corrected chi connectivity index (χ2v) is 4.47. The highest BCUT2D eigenvalue weighted by molar-refractivity contribution is 5.92. The molecule has 20 heavy (non-hydrogen) atoms. The lowest BCUT2D eigenvalue weighted by Gasteiger charge is -2.04. The van der Waals surface area contributed by atoms with Crippen LogP contribution in [-0.4, -0.2) is 35.6 Å². The van der Waals surface area contributed by atoms with Gasteiger partial charge in [-0.05, 0) is 24.6 Å². The number of carboxylic acids is 1. The first-order valence-electron chi connectivity index (χ1n) is 6.26. The molecule has 0 aliphatic rings. The van der Waals surface area contributed by atoms with Crippen LogP contribution in [0.2, 0.25) is 0 Å². The smallest absolute Gasteiger partial charge is 0.335 e. The summed E-state index contributed by atoms with van der Waals surface area (Å²) in [4.78, 5) is 15.1.